The van der Waals surface area contributed by atoms with Crippen molar-refractivity contribution in [3.05, 3.63) is 35.4 Å². The van der Waals surface area contributed by atoms with Crippen molar-refractivity contribution >= 4 is 17.1 Å². The summed E-state index contributed by atoms with van der Waals surface area (Å²) in [6.07, 6.45) is -0.332. The minimum atomic E-state index is -1.32. The van der Waals surface area contributed by atoms with Crippen LogP contribution in [0.4, 0.5) is 4.79 Å². The molecule has 1 unspecified atom stereocenters. The van der Waals surface area contributed by atoms with E-state index in [0.717, 1.165) is 11.1 Å². The van der Waals surface area contributed by atoms with E-state index in [0.29, 0.717) is 12.2 Å². The Labute approximate surface area is 145 Å². The third-order valence-corrected chi connectivity index (χ3v) is 5.50. The van der Waals surface area contributed by atoms with Gasteiger partial charge in [0, 0.05) is 29.8 Å². The van der Waals surface area contributed by atoms with Gasteiger partial charge in [0.05, 0.1) is 17.6 Å². The van der Waals surface area contributed by atoms with Crippen molar-refractivity contribution in [2.45, 2.75) is 44.7 Å². The molecule has 0 bridgehead atoms. The molecule has 3 N–H and O–H groups in total. The fraction of sp³-hybridized carbons (Fsp3) is 0.588. The zero-order chi connectivity index (χ0) is 17.9. The van der Waals surface area contributed by atoms with Crippen molar-refractivity contribution in [1.29, 1.82) is 0 Å². The Morgan fingerprint density at radius 3 is 2.62 bits per heavy atom. The number of carbonyl (C=O) groups is 1. The first-order chi connectivity index (χ1) is 11.3. The molecule has 1 aliphatic rings. The summed E-state index contributed by atoms with van der Waals surface area (Å²) in [5.41, 5.74) is 1.64. The van der Waals surface area contributed by atoms with Gasteiger partial charge in [-0.25, -0.2) is 13.7 Å². The fourth-order valence-electron chi connectivity index (χ4n) is 3.44. The number of hydrogen-bond donors (Lipinski definition) is 3. The van der Waals surface area contributed by atoms with Gasteiger partial charge in [-0.1, -0.05) is 24.3 Å². The van der Waals surface area contributed by atoms with Crippen LogP contribution in [-0.4, -0.2) is 55.9 Å². The molecule has 0 heterocycles. The predicted molar refractivity (Wildman–Crippen MR) is 94.4 cm³/mol. The van der Waals surface area contributed by atoms with Crippen LogP contribution in [0.3, 0.4) is 0 Å². The molecule has 0 spiro atoms. The van der Waals surface area contributed by atoms with E-state index in [-0.39, 0.29) is 25.1 Å². The average molecular weight is 354 g/mol. The predicted octanol–water partition coefficient (Wildman–Crippen LogP) is 1.72. The van der Waals surface area contributed by atoms with Crippen molar-refractivity contribution in [2.75, 3.05) is 18.9 Å². The Balaban J connectivity index is 2.32. The summed E-state index contributed by atoms with van der Waals surface area (Å²) < 4.78 is 15.1. The highest BCUT2D eigenvalue weighted by Crippen LogP contribution is 2.39. The number of nitrogens with zero attached hydrogens (tertiary/aromatic N) is 1. The van der Waals surface area contributed by atoms with E-state index < -0.39 is 22.6 Å². The van der Waals surface area contributed by atoms with Crippen molar-refractivity contribution < 1.29 is 19.2 Å². The second-order valence-corrected chi connectivity index (χ2v) is 8.34. The lowest BCUT2D eigenvalue weighted by molar-refractivity contribution is 0.0666. The van der Waals surface area contributed by atoms with Crippen molar-refractivity contribution in [3.8, 4) is 0 Å². The molecule has 1 amide bonds. The lowest BCUT2D eigenvalue weighted by Gasteiger charge is -2.40. The number of hydrogen-bond acceptors (Lipinski definition) is 3. The molecule has 0 saturated carbocycles. The maximum absolute atomic E-state index is 12.3. The van der Waals surface area contributed by atoms with E-state index in [1.165, 1.54) is 4.90 Å². The zero-order valence-electron chi connectivity index (χ0n) is 14.4. The summed E-state index contributed by atoms with van der Waals surface area (Å²) in [6.45, 7) is 5.81. The number of nitrogens with one attached hydrogen (secondary N) is 1. The Morgan fingerprint density at radius 1 is 1.38 bits per heavy atom. The molecule has 1 aromatic carbocycles. The van der Waals surface area contributed by atoms with Crippen LogP contribution in [0.2, 0.25) is 0 Å². The maximum Gasteiger partial charge on any atom is 0.408 e. The summed E-state index contributed by atoms with van der Waals surface area (Å²) in [4.78, 5) is 13.4. The molecule has 0 saturated heterocycles. The minimum Gasteiger partial charge on any atom is -0.465 e. The van der Waals surface area contributed by atoms with E-state index in [1.54, 1.807) is 0 Å². The smallest absolute Gasteiger partial charge is 0.408 e. The highest BCUT2D eigenvalue weighted by molar-refractivity contribution is 7.83. The highest BCUT2D eigenvalue weighted by Gasteiger charge is 2.43. The van der Waals surface area contributed by atoms with Crippen molar-refractivity contribution in [2.24, 2.45) is 0 Å². The van der Waals surface area contributed by atoms with Gasteiger partial charge < -0.3 is 10.2 Å². The first-order valence-corrected chi connectivity index (χ1v) is 9.40. The summed E-state index contributed by atoms with van der Waals surface area (Å²) in [5.74, 6) is 0.185. The van der Waals surface area contributed by atoms with Crippen LogP contribution in [0.15, 0.2) is 24.3 Å². The molecule has 1 aliphatic carbocycles. The van der Waals surface area contributed by atoms with Crippen LogP contribution >= 0.6 is 0 Å². The fourth-order valence-corrected chi connectivity index (χ4v) is 4.60. The molecule has 0 aromatic heterocycles. The van der Waals surface area contributed by atoms with Gasteiger partial charge in [0.25, 0.3) is 0 Å². The minimum absolute atomic E-state index is 0.0837. The molecule has 3 atom stereocenters. The quantitative estimate of drug-likeness (QED) is 0.726. The second kappa shape index (κ2) is 7.63. The molecule has 24 heavy (non-hydrogen) atoms. The Hall–Kier alpha value is -1.44. The summed E-state index contributed by atoms with van der Waals surface area (Å²) in [5, 5.41) is 18.6. The van der Waals surface area contributed by atoms with Gasteiger partial charge in [0.2, 0.25) is 0 Å². The third kappa shape index (κ3) is 4.15. The van der Waals surface area contributed by atoms with Crippen LogP contribution in [0.5, 0.6) is 0 Å². The van der Waals surface area contributed by atoms with Gasteiger partial charge in [0.1, 0.15) is 0 Å². The highest BCUT2D eigenvalue weighted by atomic mass is 32.2. The summed E-state index contributed by atoms with van der Waals surface area (Å²) >= 11 is 0. The standard InChI is InChI=1S/C17H26N2O4S/c1-17(2,3)19(16(21)22)15-10-12-6-4-5-7-13(12)14(15)11-24(23)18-8-9-20/h4-7,14-15,18,20H,8-11H2,1-3H3,(H,21,22)/t14-,15-,24?/m1/s1. The Bertz CT molecular complexity index is 615. The lowest BCUT2D eigenvalue weighted by atomic mass is 9.95. The third-order valence-electron chi connectivity index (χ3n) is 4.31. The molecule has 7 heteroatoms. The Morgan fingerprint density at radius 2 is 2.04 bits per heavy atom. The average Bonchev–Trinajstić information content (AvgIpc) is 2.81. The summed E-state index contributed by atoms with van der Waals surface area (Å²) in [7, 11) is -1.32. The molecule has 6 nitrogen and oxygen atoms in total. The molecular formula is C17H26N2O4S. The normalized spacial score (nSPS) is 21.3. The van der Waals surface area contributed by atoms with E-state index in [2.05, 4.69) is 4.72 Å². The molecule has 134 valence electrons. The largest absolute Gasteiger partial charge is 0.465 e. The van der Waals surface area contributed by atoms with E-state index >= 15 is 0 Å². The second-order valence-electron chi connectivity index (χ2n) is 7.03. The Kier molecular flexibility index (Phi) is 6.01. The van der Waals surface area contributed by atoms with Crippen LogP contribution in [-0.2, 0) is 17.4 Å². The molecule has 0 radical (unpaired) electrons. The topological polar surface area (TPSA) is 89.9 Å². The van der Waals surface area contributed by atoms with Gasteiger partial charge in [-0.3, -0.25) is 4.90 Å². The number of benzene rings is 1. The van der Waals surface area contributed by atoms with Gasteiger partial charge in [-0.15, -0.1) is 0 Å². The molecule has 2 rings (SSSR count). The van der Waals surface area contributed by atoms with Crippen LogP contribution in [0, 0.1) is 0 Å². The van der Waals surface area contributed by atoms with Gasteiger partial charge >= 0.3 is 6.09 Å². The van der Waals surface area contributed by atoms with E-state index in [1.807, 2.05) is 45.0 Å². The maximum atomic E-state index is 12.3. The number of carboxylic acid groups (broad SMARTS) is 1. The number of amides is 1. The lowest BCUT2D eigenvalue weighted by Crippen LogP contribution is -2.53. The molecule has 0 fully saturated rings. The number of aliphatic hydroxyl groups excluding tert-OH is 1. The number of fused-ring (bicyclic) bond motifs is 1. The van der Waals surface area contributed by atoms with Crippen molar-refractivity contribution in [1.82, 2.24) is 9.62 Å². The van der Waals surface area contributed by atoms with Crippen LogP contribution in [0.25, 0.3) is 0 Å². The van der Waals surface area contributed by atoms with Gasteiger partial charge in [-0.05, 0) is 38.3 Å². The van der Waals surface area contributed by atoms with E-state index in [4.69, 9.17) is 5.11 Å². The summed E-state index contributed by atoms with van der Waals surface area (Å²) in [6, 6.07) is 7.63. The van der Waals surface area contributed by atoms with Crippen molar-refractivity contribution in [3.63, 3.8) is 0 Å². The molecule has 0 aliphatic heterocycles. The number of rotatable bonds is 6. The van der Waals surface area contributed by atoms with E-state index in [9.17, 15) is 14.1 Å². The van der Waals surface area contributed by atoms with Gasteiger partial charge in [0.15, 0.2) is 0 Å². The first-order valence-electron chi connectivity index (χ1n) is 8.08. The molecular weight excluding hydrogens is 328 g/mol. The molecule has 1 aromatic rings. The van der Waals surface area contributed by atoms with Crippen LogP contribution in [0.1, 0.15) is 37.8 Å². The first kappa shape index (κ1) is 18.9. The zero-order valence-corrected chi connectivity index (χ0v) is 15.2. The number of aliphatic hydroxyl groups is 1. The SMILES string of the molecule is CC(C)(C)N(C(=O)O)[C@@H]1Cc2ccccc2[C@H]1CS(=O)NCCO. The van der Waals surface area contributed by atoms with Crippen LogP contribution < -0.4 is 4.72 Å². The monoisotopic (exact) mass is 354 g/mol. The van der Waals surface area contributed by atoms with Gasteiger partial charge in [-0.2, -0.15) is 0 Å².